The number of benzene rings is 1. The predicted molar refractivity (Wildman–Crippen MR) is 92.3 cm³/mol. The van der Waals surface area contributed by atoms with Gasteiger partial charge in [-0.2, -0.15) is 0 Å². The van der Waals surface area contributed by atoms with E-state index in [1.807, 2.05) is 31.2 Å². The van der Waals surface area contributed by atoms with Gasteiger partial charge in [-0.05, 0) is 54.0 Å². The quantitative estimate of drug-likeness (QED) is 0.823. The molecule has 0 aromatic heterocycles. The average molecular weight is 336 g/mol. The van der Waals surface area contributed by atoms with E-state index in [0.29, 0.717) is 0 Å². The van der Waals surface area contributed by atoms with Crippen molar-refractivity contribution in [3.8, 4) is 0 Å². The van der Waals surface area contributed by atoms with Crippen LogP contribution in [0, 0.1) is 6.92 Å². The Labute approximate surface area is 144 Å². The molecule has 0 saturated heterocycles. The number of carbonyl (C=O) groups excluding carboxylic acids is 2. The van der Waals surface area contributed by atoms with Gasteiger partial charge in [-0.3, -0.25) is 0 Å². The first kappa shape index (κ1) is 19.8. The van der Waals surface area contributed by atoms with Gasteiger partial charge in [0.15, 0.2) is 0 Å². The van der Waals surface area contributed by atoms with Crippen LogP contribution in [0.5, 0.6) is 0 Å². The van der Waals surface area contributed by atoms with Crippen molar-refractivity contribution in [1.82, 2.24) is 10.4 Å². The van der Waals surface area contributed by atoms with Gasteiger partial charge in [-0.1, -0.05) is 29.8 Å². The summed E-state index contributed by atoms with van der Waals surface area (Å²) in [5, 5.41) is 1.12. The zero-order valence-electron chi connectivity index (χ0n) is 15.6. The number of hydrogen-bond donors (Lipinski definition) is 1. The predicted octanol–water partition coefficient (Wildman–Crippen LogP) is 4.17. The van der Waals surface area contributed by atoms with Crippen molar-refractivity contribution >= 4 is 12.2 Å². The molecule has 6 heteroatoms. The molecule has 24 heavy (non-hydrogen) atoms. The monoisotopic (exact) mass is 336 g/mol. The number of rotatable bonds is 2. The fraction of sp³-hybridized carbons (Fsp3) is 0.556. The number of nitrogens with one attached hydrogen (secondary N) is 1. The molecule has 0 heterocycles. The molecule has 1 rings (SSSR count). The van der Waals surface area contributed by atoms with Crippen molar-refractivity contribution in [1.29, 1.82) is 0 Å². The molecule has 0 fully saturated rings. The van der Waals surface area contributed by atoms with Crippen LogP contribution in [0.2, 0.25) is 0 Å². The molecule has 0 bridgehead atoms. The van der Waals surface area contributed by atoms with Gasteiger partial charge in [0.2, 0.25) is 0 Å². The molecule has 0 aliphatic heterocycles. The lowest BCUT2D eigenvalue weighted by atomic mass is 10.1. The number of aryl methyl sites for hydroxylation is 1. The lowest BCUT2D eigenvalue weighted by Gasteiger charge is -2.28. The van der Waals surface area contributed by atoms with E-state index in [1.165, 1.54) is 0 Å². The molecular formula is C18H28N2O4. The minimum Gasteiger partial charge on any atom is -0.443 e. The van der Waals surface area contributed by atoms with Crippen molar-refractivity contribution in [3.05, 3.63) is 35.4 Å². The zero-order valence-corrected chi connectivity index (χ0v) is 15.6. The molecule has 0 atom stereocenters. The maximum Gasteiger partial charge on any atom is 0.429 e. The van der Waals surface area contributed by atoms with E-state index in [-0.39, 0.29) is 6.54 Å². The van der Waals surface area contributed by atoms with E-state index in [1.54, 1.807) is 41.5 Å². The first-order valence-electron chi connectivity index (χ1n) is 7.91. The highest BCUT2D eigenvalue weighted by molar-refractivity contribution is 5.74. The molecule has 134 valence electrons. The minimum absolute atomic E-state index is 0.175. The lowest BCUT2D eigenvalue weighted by molar-refractivity contribution is -0.000655. The summed E-state index contributed by atoms with van der Waals surface area (Å²) in [5.41, 5.74) is 3.11. The third-order valence-corrected chi connectivity index (χ3v) is 2.70. The number of carbonyl (C=O) groups is 2. The van der Waals surface area contributed by atoms with Gasteiger partial charge >= 0.3 is 12.2 Å². The van der Waals surface area contributed by atoms with Crippen LogP contribution in [0.4, 0.5) is 9.59 Å². The molecule has 0 saturated carbocycles. The Balaban J connectivity index is 2.88. The highest BCUT2D eigenvalue weighted by Gasteiger charge is 2.26. The summed E-state index contributed by atoms with van der Waals surface area (Å²) in [6.45, 7) is 12.7. The molecule has 1 N–H and O–H groups in total. The highest BCUT2D eigenvalue weighted by atomic mass is 16.6. The van der Waals surface area contributed by atoms with Crippen molar-refractivity contribution in [3.63, 3.8) is 0 Å². The first-order chi connectivity index (χ1) is 10.9. The normalized spacial score (nSPS) is 11.6. The van der Waals surface area contributed by atoms with Crippen LogP contribution < -0.4 is 5.43 Å². The van der Waals surface area contributed by atoms with E-state index in [4.69, 9.17) is 9.47 Å². The third kappa shape index (κ3) is 7.85. The Kier molecular flexibility index (Phi) is 6.23. The fourth-order valence-electron chi connectivity index (χ4n) is 1.75. The summed E-state index contributed by atoms with van der Waals surface area (Å²) in [7, 11) is 0. The molecule has 2 amide bonds. The summed E-state index contributed by atoms with van der Waals surface area (Å²) in [4.78, 5) is 24.4. The number of ether oxygens (including phenoxy) is 2. The fourth-order valence-corrected chi connectivity index (χ4v) is 1.75. The van der Waals surface area contributed by atoms with Crippen LogP contribution in [0.1, 0.15) is 52.7 Å². The van der Waals surface area contributed by atoms with Crippen molar-refractivity contribution in [2.75, 3.05) is 0 Å². The molecule has 1 aromatic rings. The average Bonchev–Trinajstić information content (AvgIpc) is 2.36. The van der Waals surface area contributed by atoms with E-state index in [0.717, 1.165) is 16.1 Å². The van der Waals surface area contributed by atoms with Crippen LogP contribution >= 0.6 is 0 Å². The number of nitrogens with zero attached hydrogens (tertiary/aromatic N) is 1. The van der Waals surface area contributed by atoms with E-state index in [2.05, 4.69) is 5.43 Å². The van der Waals surface area contributed by atoms with Crippen LogP contribution in [0.25, 0.3) is 0 Å². The standard InChI is InChI=1S/C18H28N2O4/c1-13-8-10-14(11-9-13)12-20(16(22)24-18(5,6)7)19-15(21)23-17(2,3)4/h8-11H,12H2,1-7H3,(H,19,21). The lowest BCUT2D eigenvalue weighted by Crippen LogP contribution is -2.49. The second-order valence-electron chi connectivity index (χ2n) is 7.67. The summed E-state index contributed by atoms with van der Waals surface area (Å²) in [6.07, 6.45) is -1.35. The summed E-state index contributed by atoms with van der Waals surface area (Å²) >= 11 is 0. The molecule has 0 aliphatic carbocycles. The Morgan fingerprint density at radius 3 is 1.92 bits per heavy atom. The molecular weight excluding hydrogens is 308 g/mol. The van der Waals surface area contributed by atoms with Gasteiger partial charge in [0, 0.05) is 0 Å². The van der Waals surface area contributed by atoms with Crippen LogP contribution in [0.3, 0.4) is 0 Å². The van der Waals surface area contributed by atoms with Crippen molar-refractivity contribution in [2.24, 2.45) is 0 Å². The van der Waals surface area contributed by atoms with Gasteiger partial charge in [-0.15, -0.1) is 0 Å². The summed E-state index contributed by atoms with van der Waals surface area (Å²) in [5.74, 6) is 0. The van der Waals surface area contributed by atoms with Gasteiger partial charge in [0.1, 0.15) is 11.2 Å². The molecule has 1 aromatic carbocycles. The van der Waals surface area contributed by atoms with Gasteiger partial charge in [-0.25, -0.2) is 20.0 Å². The van der Waals surface area contributed by atoms with Crippen LogP contribution in [-0.4, -0.2) is 28.4 Å². The second kappa shape index (κ2) is 7.55. The zero-order chi connectivity index (χ0) is 18.5. The first-order valence-corrected chi connectivity index (χ1v) is 7.91. The second-order valence-corrected chi connectivity index (χ2v) is 7.67. The SMILES string of the molecule is Cc1ccc(CN(NC(=O)OC(C)(C)C)C(=O)OC(C)(C)C)cc1. The molecule has 0 unspecified atom stereocenters. The number of amides is 2. The summed E-state index contributed by atoms with van der Waals surface area (Å²) in [6, 6.07) is 7.67. The number of hydrazine groups is 1. The molecule has 6 nitrogen and oxygen atoms in total. The van der Waals surface area contributed by atoms with Crippen molar-refractivity contribution in [2.45, 2.75) is 66.2 Å². The molecule has 0 aliphatic rings. The highest BCUT2D eigenvalue weighted by Crippen LogP contribution is 2.13. The minimum atomic E-state index is -0.708. The van der Waals surface area contributed by atoms with E-state index >= 15 is 0 Å². The molecule has 0 spiro atoms. The van der Waals surface area contributed by atoms with Gasteiger partial charge in [0.05, 0.1) is 6.54 Å². The third-order valence-electron chi connectivity index (χ3n) is 2.70. The Morgan fingerprint density at radius 1 is 0.958 bits per heavy atom. The van der Waals surface area contributed by atoms with E-state index in [9.17, 15) is 9.59 Å². The maximum atomic E-state index is 12.4. The Hall–Kier alpha value is -2.24. The smallest absolute Gasteiger partial charge is 0.429 e. The topological polar surface area (TPSA) is 67.9 Å². The number of hydrogen-bond acceptors (Lipinski definition) is 4. The maximum absolute atomic E-state index is 12.4. The van der Waals surface area contributed by atoms with Gasteiger partial charge < -0.3 is 9.47 Å². The van der Waals surface area contributed by atoms with Crippen molar-refractivity contribution < 1.29 is 19.1 Å². The van der Waals surface area contributed by atoms with E-state index < -0.39 is 23.4 Å². The Bertz CT molecular complexity index is 568. The largest absolute Gasteiger partial charge is 0.443 e. The molecule has 0 radical (unpaired) electrons. The summed E-state index contributed by atoms with van der Waals surface area (Å²) < 4.78 is 10.5. The van der Waals surface area contributed by atoms with Crippen LogP contribution in [-0.2, 0) is 16.0 Å². The Morgan fingerprint density at radius 2 is 1.46 bits per heavy atom. The van der Waals surface area contributed by atoms with Crippen LogP contribution in [0.15, 0.2) is 24.3 Å². The van der Waals surface area contributed by atoms with Gasteiger partial charge in [0.25, 0.3) is 0 Å².